The molecule has 1 aliphatic rings. The smallest absolute Gasteiger partial charge is 0.324 e. The maximum Gasteiger partial charge on any atom is 0.324 e. The van der Waals surface area contributed by atoms with Crippen molar-refractivity contribution in [2.24, 2.45) is 5.92 Å². The van der Waals surface area contributed by atoms with Gasteiger partial charge in [0, 0.05) is 41.9 Å². The van der Waals surface area contributed by atoms with Crippen LogP contribution in [-0.2, 0) is 11.8 Å². The number of amides is 3. The molecule has 5 rings (SSSR count). The first-order valence-corrected chi connectivity index (χ1v) is 15.4. The number of methoxy groups -OCH3 is 2. The Labute approximate surface area is 265 Å². The topological polar surface area (TPSA) is 97.7 Å². The lowest BCUT2D eigenvalue weighted by atomic mass is 9.90. The second kappa shape index (κ2) is 13.5. The molecule has 1 fully saturated rings. The van der Waals surface area contributed by atoms with Crippen LogP contribution >= 0.6 is 0 Å². The first kappa shape index (κ1) is 31.6. The zero-order chi connectivity index (χ0) is 32.1. The normalized spacial score (nSPS) is 13.8. The number of ether oxygens (including phenoxy) is 2. The summed E-state index contributed by atoms with van der Waals surface area (Å²) in [4.78, 5) is 28.1. The average Bonchev–Trinajstić information content (AvgIpc) is 3.46. The molecule has 0 bridgehead atoms. The van der Waals surface area contributed by atoms with Crippen molar-refractivity contribution in [1.82, 2.24) is 14.7 Å². The minimum absolute atomic E-state index is 0.00380. The Morgan fingerprint density at radius 3 is 2.07 bits per heavy atom. The minimum Gasteiger partial charge on any atom is -0.497 e. The number of aromatic nitrogens is 2. The van der Waals surface area contributed by atoms with Crippen LogP contribution in [0.4, 0.5) is 16.3 Å². The van der Waals surface area contributed by atoms with Gasteiger partial charge in [-0.15, -0.1) is 0 Å². The van der Waals surface area contributed by atoms with Gasteiger partial charge in [-0.05, 0) is 74.1 Å². The summed E-state index contributed by atoms with van der Waals surface area (Å²) < 4.78 is 12.4. The van der Waals surface area contributed by atoms with Crippen molar-refractivity contribution in [2.75, 3.05) is 37.9 Å². The van der Waals surface area contributed by atoms with E-state index in [0.29, 0.717) is 47.6 Å². The number of hydrogen-bond donors (Lipinski definition) is 2. The zero-order valence-corrected chi connectivity index (χ0v) is 27.0. The summed E-state index contributed by atoms with van der Waals surface area (Å²) >= 11 is 0. The van der Waals surface area contributed by atoms with Crippen LogP contribution in [0.25, 0.3) is 5.69 Å². The fourth-order valence-corrected chi connectivity index (χ4v) is 5.51. The van der Waals surface area contributed by atoms with Crippen molar-refractivity contribution in [3.63, 3.8) is 0 Å². The molecule has 0 aliphatic carbocycles. The molecule has 1 saturated heterocycles. The summed E-state index contributed by atoms with van der Waals surface area (Å²) in [5.74, 6) is 2.29. The number of piperidine rings is 1. The molecule has 2 N–H and O–H groups in total. The first-order valence-electron chi connectivity index (χ1n) is 15.4. The van der Waals surface area contributed by atoms with Gasteiger partial charge in [-0.2, -0.15) is 5.10 Å². The van der Waals surface area contributed by atoms with Gasteiger partial charge in [0.15, 0.2) is 0 Å². The molecular formula is C36H43N5O4. The molecule has 0 radical (unpaired) electrons. The third-order valence-electron chi connectivity index (χ3n) is 8.23. The van der Waals surface area contributed by atoms with Crippen LogP contribution in [0.15, 0.2) is 72.8 Å². The Morgan fingerprint density at radius 1 is 0.867 bits per heavy atom. The maximum atomic E-state index is 13.2. The number of carbonyl (C=O) groups excluding carboxylic acids is 2. The van der Waals surface area contributed by atoms with E-state index in [2.05, 4.69) is 43.5 Å². The third kappa shape index (κ3) is 7.84. The van der Waals surface area contributed by atoms with E-state index in [1.165, 1.54) is 5.56 Å². The lowest BCUT2D eigenvalue weighted by Gasteiger charge is -2.32. The number of carbonyl (C=O) groups is 2. The summed E-state index contributed by atoms with van der Waals surface area (Å²) in [6.45, 7) is 9.76. The van der Waals surface area contributed by atoms with Crippen LogP contribution in [-0.4, -0.2) is 53.9 Å². The Balaban J connectivity index is 1.16. The lowest BCUT2D eigenvalue weighted by Crippen LogP contribution is -2.38. The van der Waals surface area contributed by atoms with Crippen molar-refractivity contribution in [1.29, 1.82) is 0 Å². The maximum absolute atomic E-state index is 13.2. The molecule has 0 unspecified atom stereocenters. The summed E-state index contributed by atoms with van der Waals surface area (Å²) in [6.07, 6.45) is 2.79. The number of anilines is 2. The van der Waals surface area contributed by atoms with E-state index < -0.39 is 0 Å². The monoisotopic (exact) mass is 609 g/mol. The summed E-state index contributed by atoms with van der Waals surface area (Å²) in [5, 5.41) is 10.7. The van der Waals surface area contributed by atoms with Gasteiger partial charge in [0.25, 0.3) is 5.91 Å². The fraction of sp³-hybridized carbons (Fsp3) is 0.361. The van der Waals surface area contributed by atoms with Gasteiger partial charge in [0.2, 0.25) is 0 Å². The molecule has 45 heavy (non-hydrogen) atoms. The number of aryl methyl sites for hydroxylation is 1. The van der Waals surface area contributed by atoms with E-state index in [1.807, 2.05) is 54.3 Å². The van der Waals surface area contributed by atoms with E-state index >= 15 is 0 Å². The highest BCUT2D eigenvalue weighted by Crippen LogP contribution is 2.28. The van der Waals surface area contributed by atoms with Gasteiger partial charge in [0.05, 0.1) is 25.6 Å². The molecule has 236 valence electrons. The molecule has 1 aromatic heterocycles. The van der Waals surface area contributed by atoms with Crippen molar-refractivity contribution in [3.8, 4) is 17.2 Å². The predicted molar refractivity (Wildman–Crippen MR) is 178 cm³/mol. The van der Waals surface area contributed by atoms with Gasteiger partial charge < -0.3 is 19.7 Å². The molecule has 2 heterocycles. The molecule has 4 aromatic rings. The number of likely N-dealkylation sites (tertiary alicyclic amines) is 1. The van der Waals surface area contributed by atoms with Crippen molar-refractivity contribution in [3.05, 3.63) is 95.2 Å². The van der Waals surface area contributed by atoms with Crippen molar-refractivity contribution < 1.29 is 19.1 Å². The highest BCUT2D eigenvalue weighted by atomic mass is 16.5. The number of benzene rings is 3. The van der Waals surface area contributed by atoms with E-state index in [-0.39, 0.29) is 17.4 Å². The van der Waals surface area contributed by atoms with E-state index in [0.717, 1.165) is 36.2 Å². The van der Waals surface area contributed by atoms with Gasteiger partial charge >= 0.3 is 6.03 Å². The Bertz CT molecular complexity index is 1610. The molecule has 9 nitrogen and oxygen atoms in total. The van der Waals surface area contributed by atoms with E-state index in [4.69, 9.17) is 14.6 Å². The molecule has 1 aliphatic heterocycles. The highest BCUT2D eigenvalue weighted by molar-refractivity contribution is 5.99. The quantitative estimate of drug-likeness (QED) is 0.220. The van der Waals surface area contributed by atoms with Crippen LogP contribution in [0.2, 0.25) is 0 Å². The molecular weight excluding hydrogens is 566 g/mol. The van der Waals surface area contributed by atoms with Crippen LogP contribution in [0.1, 0.15) is 60.8 Å². The fourth-order valence-electron chi connectivity index (χ4n) is 5.51. The standard InChI is InChI=1S/C36H43N5O4/c1-24-7-13-29(14-8-24)41-33(23-32(39-41)36(2,3)4)38-35(43)37-28-11-9-25(10-12-28)19-26-15-17-40(18-16-26)34(42)27-20-30(44-5)22-31(21-27)45-6/h7-14,20-23,26H,15-19H2,1-6H3,(H2,37,38,43). The Morgan fingerprint density at radius 2 is 1.49 bits per heavy atom. The Hall–Kier alpha value is -4.79. The molecule has 3 aromatic carbocycles. The summed E-state index contributed by atoms with van der Waals surface area (Å²) in [7, 11) is 3.16. The van der Waals surface area contributed by atoms with E-state index in [9.17, 15) is 9.59 Å². The highest BCUT2D eigenvalue weighted by Gasteiger charge is 2.25. The van der Waals surface area contributed by atoms with Gasteiger partial charge in [-0.1, -0.05) is 50.6 Å². The second-order valence-corrected chi connectivity index (χ2v) is 12.7. The number of nitrogens with zero attached hydrogens (tertiary/aromatic N) is 3. The molecule has 0 spiro atoms. The molecule has 0 saturated carbocycles. The number of urea groups is 1. The second-order valence-electron chi connectivity index (χ2n) is 12.7. The van der Waals surface area contributed by atoms with Crippen LogP contribution in [0, 0.1) is 12.8 Å². The van der Waals surface area contributed by atoms with Crippen molar-refractivity contribution in [2.45, 2.75) is 52.4 Å². The number of nitrogens with one attached hydrogen (secondary N) is 2. The van der Waals surface area contributed by atoms with Crippen LogP contribution in [0.5, 0.6) is 11.5 Å². The molecule has 9 heteroatoms. The summed E-state index contributed by atoms with van der Waals surface area (Å²) in [6, 6.07) is 22.9. The van der Waals surface area contributed by atoms with E-state index in [1.54, 1.807) is 37.1 Å². The number of hydrogen-bond acceptors (Lipinski definition) is 5. The zero-order valence-electron chi connectivity index (χ0n) is 27.0. The summed E-state index contributed by atoms with van der Waals surface area (Å²) in [5.41, 5.74) is 5.24. The van der Waals surface area contributed by atoms with Gasteiger partial charge in [-0.3, -0.25) is 10.1 Å². The predicted octanol–water partition coefficient (Wildman–Crippen LogP) is 7.23. The SMILES string of the molecule is COc1cc(OC)cc(C(=O)N2CCC(Cc3ccc(NC(=O)Nc4cc(C(C)(C)C)nn4-c4ccc(C)cc4)cc3)CC2)c1. The molecule has 3 amide bonds. The number of rotatable bonds is 8. The largest absolute Gasteiger partial charge is 0.497 e. The van der Waals surface area contributed by atoms with Gasteiger partial charge in [-0.25, -0.2) is 9.48 Å². The Kier molecular flexibility index (Phi) is 9.46. The molecule has 0 atom stereocenters. The average molecular weight is 610 g/mol. The van der Waals surface area contributed by atoms with Gasteiger partial charge in [0.1, 0.15) is 17.3 Å². The first-order chi connectivity index (χ1) is 21.5. The van der Waals surface area contributed by atoms with Crippen LogP contribution < -0.4 is 20.1 Å². The van der Waals surface area contributed by atoms with Crippen LogP contribution in [0.3, 0.4) is 0 Å². The lowest BCUT2D eigenvalue weighted by molar-refractivity contribution is 0.0689. The minimum atomic E-state index is -0.331. The third-order valence-corrected chi connectivity index (χ3v) is 8.23. The van der Waals surface area contributed by atoms with Crippen molar-refractivity contribution >= 4 is 23.4 Å².